The van der Waals surface area contributed by atoms with Gasteiger partial charge >= 0.3 is 0 Å². The van der Waals surface area contributed by atoms with E-state index in [2.05, 4.69) is 42.2 Å². The smallest absolute Gasteiger partial charge is 0.000452 e. The van der Waals surface area contributed by atoms with E-state index in [1.54, 1.807) is 0 Å². The van der Waals surface area contributed by atoms with E-state index in [4.69, 9.17) is 5.73 Å². The Labute approximate surface area is 103 Å². The molecular weight excluding hydrogens is 285 g/mol. The molecule has 0 fully saturated rings. The number of rotatable bonds is 9. The summed E-state index contributed by atoms with van der Waals surface area (Å²) in [6.45, 7) is 6.98. The van der Waals surface area contributed by atoms with E-state index in [-0.39, 0.29) is 0 Å². The molecule has 84 valence electrons. The Bertz CT molecular complexity index is 132. The highest BCUT2D eigenvalue weighted by Gasteiger charge is 2.08. The lowest BCUT2D eigenvalue weighted by Gasteiger charge is -2.16. The van der Waals surface area contributed by atoms with Gasteiger partial charge in [-0.05, 0) is 48.5 Å². The molecule has 0 radical (unpaired) electrons. The summed E-state index contributed by atoms with van der Waals surface area (Å²) in [5, 5.41) is 0. The van der Waals surface area contributed by atoms with Crippen LogP contribution in [0.5, 0.6) is 0 Å². The highest BCUT2D eigenvalue weighted by atomic mass is 127. The minimum Gasteiger partial charge on any atom is -0.330 e. The fourth-order valence-corrected chi connectivity index (χ4v) is 2.10. The van der Waals surface area contributed by atoms with Crippen LogP contribution >= 0.6 is 22.6 Å². The molecule has 0 aliphatic carbocycles. The van der Waals surface area contributed by atoms with Gasteiger partial charge in [0.2, 0.25) is 0 Å². The summed E-state index contributed by atoms with van der Waals surface area (Å²) < 4.78 is 1.26. The van der Waals surface area contributed by atoms with Crippen LogP contribution in [0.2, 0.25) is 0 Å². The fraction of sp³-hybridized carbons (Fsp3) is 0.833. The molecule has 2 atom stereocenters. The van der Waals surface area contributed by atoms with E-state index in [1.165, 1.54) is 36.5 Å². The van der Waals surface area contributed by atoms with Gasteiger partial charge in [-0.15, -0.1) is 6.58 Å². The molecule has 0 spiro atoms. The van der Waals surface area contributed by atoms with Gasteiger partial charge in [-0.3, -0.25) is 0 Å². The van der Waals surface area contributed by atoms with Gasteiger partial charge in [0.05, 0.1) is 0 Å². The van der Waals surface area contributed by atoms with Crippen molar-refractivity contribution in [1.29, 1.82) is 0 Å². The Morgan fingerprint density at radius 1 is 1.36 bits per heavy atom. The molecule has 0 saturated heterocycles. The van der Waals surface area contributed by atoms with Crippen LogP contribution in [0.4, 0.5) is 0 Å². The summed E-state index contributed by atoms with van der Waals surface area (Å²) in [5.74, 6) is 1.43. The van der Waals surface area contributed by atoms with Crippen molar-refractivity contribution in [2.24, 2.45) is 17.6 Å². The second-order valence-electron chi connectivity index (χ2n) is 3.91. The molecule has 1 unspecified atom stereocenters. The Hall–Kier alpha value is 0.430. The summed E-state index contributed by atoms with van der Waals surface area (Å²) in [4.78, 5) is 0. The lowest BCUT2D eigenvalue weighted by molar-refractivity contribution is 0.413. The Kier molecular flexibility index (Phi) is 10.3. The first kappa shape index (κ1) is 14.4. The van der Waals surface area contributed by atoms with Gasteiger partial charge in [0.1, 0.15) is 0 Å². The molecule has 14 heavy (non-hydrogen) atoms. The Balaban J connectivity index is 3.64. The second kappa shape index (κ2) is 9.97. The van der Waals surface area contributed by atoms with Crippen molar-refractivity contribution >= 4 is 22.6 Å². The number of allylic oxidation sites excluding steroid dienone is 1. The van der Waals surface area contributed by atoms with E-state index in [0.29, 0.717) is 5.92 Å². The third-order valence-electron chi connectivity index (χ3n) is 2.90. The van der Waals surface area contributed by atoms with Crippen molar-refractivity contribution in [3.8, 4) is 0 Å². The van der Waals surface area contributed by atoms with Crippen LogP contribution in [0, 0.1) is 11.8 Å². The third-order valence-corrected chi connectivity index (χ3v) is 3.66. The summed E-state index contributed by atoms with van der Waals surface area (Å²) in [7, 11) is 0. The molecule has 0 heterocycles. The van der Waals surface area contributed by atoms with Crippen LogP contribution in [0.15, 0.2) is 12.7 Å². The minimum absolute atomic E-state index is 0.713. The van der Waals surface area contributed by atoms with Crippen molar-refractivity contribution < 1.29 is 0 Å². The van der Waals surface area contributed by atoms with E-state index >= 15 is 0 Å². The average Bonchev–Trinajstić information content (AvgIpc) is 2.23. The zero-order valence-electron chi connectivity index (χ0n) is 9.34. The van der Waals surface area contributed by atoms with Crippen LogP contribution in [-0.4, -0.2) is 11.0 Å². The van der Waals surface area contributed by atoms with E-state index in [0.717, 1.165) is 12.5 Å². The molecule has 0 aliphatic rings. The van der Waals surface area contributed by atoms with Gasteiger partial charge < -0.3 is 5.73 Å². The van der Waals surface area contributed by atoms with Gasteiger partial charge in [-0.25, -0.2) is 0 Å². The molecule has 1 nitrogen and oxygen atoms in total. The average molecular weight is 309 g/mol. The Morgan fingerprint density at radius 2 is 2.07 bits per heavy atom. The van der Waals surface area contributed by atoms with Gasteiger partial charge in [-0.2, -0.15) is 0 Å². The van der Waals surface area contributed by atoms with Gasteiger partial charge in [-0.1, -0.05) is 42.0 Å². The molecular formula is C12H24IN. The number of halogens is 1. The van der Waals surface area contributed by atoms with Gasteiger partial charge in [0, 0.05) is 0 Å². The summed E-state index contributed by atoms with van der Waals surface area (Å²) in [6, 6.07) is 0. The molecule has 0 rings (SSSR count). The van der Waals surface area contributed by atoms with Crippen LogP contribution in [0.1, 0.15) is 39.0 Å². The maximum absolute atomic E-state index is 5.68. The molecule has 0 bridgehead atoms. The van der Waals surface area contributed by atoms with Gasteiger partial charge in [0.25, 0.3) is 0 Å². The van der Waals surface area contributed by atoms with Crippen LogP contribution in [0.25, 0.3) is 0 Å². The lowest BCUT2D eigenvalue weighted by atomic mass is 9.91. The number of nitrogens with two attached hydrogens (primary N) is 1. The van der Waals surface area contributed by atoms with E-state index in [9.17, 15) is 0 Å². The number of hydrogen-bond acceptors (Lipinski definition) is 1. The summed E-state index contributed by atoms with van der Waals surface area (Å²) in [6.07, 6.45) is 8.49. The zero-order valence-corrected chi connectivity index (χ0v) is 11.5. The summed E-state index contributed by atoms with van der Waals surface area (Å²) >= 11 is 2.44. The van der Waals surface area contributed by atoms with Crippen molar-refractivity contribution in [2.75, 3.05) is 11.0 Å². The molecule has 0 saturated carbocycles. The first-order chi connectivity index (χ1) is 6.78. The SMILES string of the molecule is C=CC(CCCI)CC[C@@H](CC)CN. The molecule has 0 amide bonds. The monoisotopic (exact) mass is 309 g/mol. The zero-order chi connectivity index (χ0) is 10.8. The van der Waals surface area contributed by atoms with Crippen molar-refractivity contribution in [1.82, 2.24) is 0 Å². The normalized spacial score (nSPS) is 15.1. The maximum Gasteiger partial charge on any atom is -0.000452 e. The van der Waals surface area contributed by atoms with E-state index < -0.39 is 0 Å². The number of hydrogen-bond donors (Lipinski definition) is 1. The largest absolute Gasteiger partial charge is 0.330 e. The van der Waals surface area contributed by atoms with Crippen molar-refractivity contribution in [3.63, 3.8) is 0 Å². The predicted octanol–water partition coefficient (Wildman–Crippen LogP) is 3.77. The quantitative estimate of drug-likeness (QED) is 0.392. The molecule has 2 heteroatoms. The van der Waals surface area contributed by atoms with Crippen LogP contribution < -0.4 is 5.73 Å². The first-order valence-electron chi connectivity index (χ1n) is 5.67. The molecule has 0 aromatic heterocycles. The molecule has 0 aromatic rings. The first-order valence-corrected chi connectivity index (χ1v) is 7.19. The fourth-order valence-electron chi connectivity index (χ4n) is 1.66. The minimum atomic E-state index is 0.713. The highest BCUT2D eigenvalue weighted by molar-refractivity contribution is 14.1. The van der Waals surface area contributed by atoms with Crippen molar-refractivity contribution in [3.05, 3.63) is 12.7 Å². The molecule has 0 aliphatic heterocycles. The lowest BCUT2D eigenvalue weighted by Crippen LogP contribution is -2.14. The second-order valence-corrected chi connectivity index (χ2v) is 4.99. The molecule has 0 aromatic carbocycles. The Morgan fingerprint density at radius 3 is 2.50 bits per heavy atom. The maximum atomic E-state index is 5.68. The van der Waals surface area contributed by atoms with Crippen LogP contribution in [-0.2, 0) is 0 Å². The predicted molar refractivity (Wildman–Crippen MR) is 73.9 cm³/mol. The standard InChI is InChI=1S/C12H24IN/c1-3-11(6-5-9-13)7-8-12(4-2)10-14/h3,11-12H,1,4-10,14H2,2H3/t11?,12-/m1/s1. The topological polar surface area (TPSA) is 26.0 Å². The summed E-state index contributed by atoms with van der Waals surface area (Å²) in [5.41, 5.74) is 5.68. The highest BCUT2D eigenvalue weighted by Crippen LogP contribution is 2.19. The van der Waals surface area contributed by atoms with E-state index in [1.807, 2.05) is 0 Å². The van der Waals surface area contributed by atoms with Crippen LogP contribution in [0.3, 0.4) is 0 Å². The third kappa shape index (κ3) is 6.82. The number of alkyl halides is 1. The van der Waals surface area contributed by atoms with Crippen molar-refractivity contribution in [2.45, 2.75) is 39.0 Å². The van der Waals surface area contributed by atoms with Gasteiger partial charge in [0.15, 0.2) is 0 Å². The molecule has 2 N–H and O–H groups in total.